The molecule has 1 amide bonds. The number of pyridine rings is 1. The van der Waals surface area contributed by atoms with E-state index in [1.54, 1.807) is 29.8 Å². The third kappa shape index (κ3) is 4.25. The maximum Gasteiger partial charge on any atom is 0.390 e. The standard InChI is InChI=1S/C20H20F3N5O3/c1-2-31-19(30)17-13-11-27(9-6-15(13)28(25-17)10-7-20(21,22)23)18(29)14-12-26-8-4-3-5-16(26)24-14/h3-5,8,12H,2,6-7,9-11H2,1H3. The van der Waals surface area contributed by atoms with Gasteiger partial charge in [-0.05, 0) is 19.1 Å². The average molecular weight is 435 g/mol. The predicted octanol–water partition coefficient (Wildman–Crippen LogP) is 2.86. The van der Waals surface area contributed by atoms with Gasteiger partial charge in [0, 0.05) is 43.2 Å². The van der Waals surface area contributed by atoms with Crippen LogP contribution in [-0.2, 0) is 24.2 Å². The van der Waals surface area contributed by atoms with Gasteiger partial charge in [0.15, 0.2) is 5.69 Å². The summed E-state index contributed by atoms with van der Waals surface area (Å²) in [7, 11) is 0. The van der Waals surface area contributed by atoms with Crippen LogP contribution in [0, 0.1) is 0 Å². The lowest BCUT2D eigenvalue weighted by Gasteiger charge is -2.27. The quantitative estimate of drug-likeness (QED) is 0.576. The van der Waals surface area contributed by atoms with Gasteiger partial charge >= 0.3 is 12.1 Å². The Morgan fingerprint density at radius 2 is 2.06 bits per heavy atom. The van der Waals surface area contributed by atoms with E-state index >= 15 is 0 Å². The summed E-state index contributed by atoms with van der Waals surface area (Å²) in [6, 6.07) is 5.40. The number of aromatic nitrogens is 4. The summed E-state index contributed by atoms with van der Waals surface area (Å²) in [6.45, 7) is 1.66. The first-order chi connectivity index (χ1) is 14.8. The molecule has 0 atom stereocenters. The second-order valence-electron chi connectivity index (χ2n) is 7.15. The van der Waals surface area contributed by atoms with Gasteiger partial charge in [-0.1, -0.05) is 6.07 Å². The molecule has 0 spiro atoms. The van der Waals surface area contributed by atoms with Crippen molar-refractivity contribution in [3.8, 4) is 0 Å². The number of imidazole rings is 1. The van der Waals surface area contributed by atoms with Crippen LogP contribution in [0.2, 0.25) is 0 Å². The molecule has 0 aromatic carbocycles. The zero-order valence-corrected chi connectivity index (χ0v) is 16.7. The Bertz CT molecular complexity index is 1100. The van der Waals surface area contributed by atoms with E-state index in [-0.39, 0.29) is 43.4 Å². The highest BCUT2D eigenvalue weighted by molar-refractivity contribution is 5.94. The van der Waals surface area contributed by atoms with Gasteiger partial charge < -0.3 is 14.0 Å². The Kier molecular flexibility index (Phi) is 5.42. The number of ether oxygens (including phenoxy) is 1. The summed E-state index contributed by atoms with van der Waals surface area (Å²) in [5, 5.41) is 4.10. The molecule has 3 aromatic heterocycles. The molecule has 0 saturated carbocycles. The molecule has 0 unspecified atom stereocenters. The summed E-state index contributed by atoms with van der Waals surface area (Å²) in [5.74, 6) is -1.04. The number of aryl methyl sites for hydroxylation is 1. The Labute approximate surface area is 175 Å². The largest absolute Gasteiger partial charge is 0.461 e. The fraction of sp³-hybridized carbons (Fsp3) is 0.400. The van der Waals surface area contributed by atoms with Gasteiger partial charge in [-0.2, -0.15) is 18.3 Å². The molecule has 4 rings (SSSR count). The summed E-state index contributed by atoms with van der Waals surface area (Å²) in [6.07, 6.45) is -1.74. The molecule has 1 aliphatic rings. The second kappa shape index (κ2) is 8.05. The highest BCUT2D eigenvalue weighted by Gasteiger charge is 2.33. The summed E-state index contributed by atoms with van der Waals surface area (Å²) in [4.78, 5) is 31.2. The monoisotopic (exact) mass is 435 g/mol. The number of esters is 1. The molecule has 164 valence electrons. The Morgan fingerprint density at radius 1 is 1.26 bits per heavy atom. The summed E-state index contributed by atoms with van der Waals surface area (Å²) < 4.78 is 46.1. The molecular formula is C20H20F3N5O3. The van der Waals surface area contributed by atoms with E-state index in [9.17, 15) is 22.8 Å². The first kappa shape index (κ1) is 20.9. The number of amides is 1. The summed E-state index contributed by atoms with van der Waals surface area (Å²) in [5.41, 5.74) is 1.76. The predicted molar refractivity (Wildman–Crippen MR) is 102 cm³/mol. The van der Waals surface area contributed by atoms with Crippen LogP contribution in [0.15, 0.2) is 30.6 Å². The van der Waals surface area contributed by atoms with Crippen molar-refractivity contribution in [3.05, 3.63) is 53.2 Å². The zero-order chi connectivity index (χ0) is 22.2. The van der Waals surface area contributed by atoms with E-state index in [2.05, 4.69) is 10.1 Å². The van der Waals surface area contributed by atoms with Gasteiger partial charge in [-0.15, -0.1) is 0 Å². The van der Waals surface area contributed by atoms with Crippen molar-refractivity contribution in [3.63, 3.8) is 0 Å². The molecule has 0 N–H and O–H groups in total. The minimum atomic E-state index is -4.34. The van der Waals surface area contributed by atoms with E-state index in [4.69, 9.17) is 4.74 Å². The maximum absolute atomic E-state index is 13.0. The Balaban J connectivity index is 1.62. The molecule has 0 radical (unpaired) electrons. The van der Waals surface area contributed by atoms with Crippen molar-refractivity contribution in [1.82, 2.24) is 24.1 Å². The normalized spacial score (nSPS) is 14.0. The number of halogens is 3. The highest BCUT2D eigenvalue weighted by Crippen LogP contribution is 2.27. The number of fused-ring (bicyclic) bond motifs is 2. The van der Waals surface area contributed by atoms with E-state index in [1.807, 2.05) is 12.1 Å². The topological polar surface area (TPSA) is 81.7 Å². The third-order valence-corrected chi connectivity index (χ3v) is 5.08. The number of carbonyl (C=O) groups excluding carboxylic acids is 2. The molecule has 1 aliphatic heterocycles. The third-order valence-electron chi connectivity index (χ3n) is 5.08. The van der Waals surface area contributed by atoms with Crippen molar-refractivity contribution < 1.29 is 27.5 Å². The molecule has 4 heterocycles. The lowest BCUT2D eigenvalue weighted by Crippen LogP contribution is -2.37. The van der Waals surface area contributed by atoms with Crippen molar-refractivity contribution in [2.24, 2.45) is 0 Å². The number of hydrogen-bond donors (Lipinski definition) is 0. The van der Waals surface area contributed by atoms with Crippen molar-refractivity contribution in [1.29, 1.82) is 0 Å². The summed E-state index contributed by atoms with van der Waals surface area (Å²) >= 11 is 0. The van der Waals surface area contributed by atoms with Crippen LogP contribution in [-0.4, -0.2) is 55.3 Å². The molecule has 0 bridgehead atoms. The average Bonchev–Trinajstić information content (AvgIpc) is 3.32. The van der Waals surface area contributed by atoms with Crippen molar-refractivity contribution >= 4 is 17.5 Å². The second-order valence-corrected chi connectivity index (χ2v) is 7.15. The van der Waals surface area contributed by atoms with Gasteiger partial charge in [-0.3, -0.25) is 9.48 Å². The number of hydrogen-bond acceptors (Lipinski definition) is 5. The van der Waals surface area contributed by atoms with Gasteiger partial charge in [0.1, 0.15) is 11.3 Å². The first-order valence-corrected chi connectivity index (χ1v) is 9.82. The number of rotatable bonds is 5. The smallest absolute Gasteiger partial charge is 0.390 e. The molecule has 31 heavy (non-hydrogen) atoms. The SMILES string of the molecule is CCOC(=O)c1nn(CCC(F)(F)F)c2c1CN(C(=O)c1cn3ccccc3n1)CC2. The molecule has 8 nitrogen and oxygen atoms in total. The lowest BCUT2D eigenvalue weighted by atomic mass is 10.0. The van der Waals surface area contributed by atoms with Crippen LogP contribution < -0.4 is 0 Å². The number of nitrogens with zero attached hydrogens (tertiary/aromatic N) is 5. The molecule has 3 aromatic rings. The van der Waals surface area contributed by atoms with Gasteiger partial charge in [0.2, 0.25) is 0 Å². The fourth-order valence-electron chi connectivity index (χ4n) is 3.64. The molecule has 0 aliphatic carbocycles. The van der Waals surface area contributed by atoms with E-state index in [0.717, 1.165) is 0 Å². The molecule has 0 saturated heterocycles. The molecule has 0 fully saturated rings. The first-order valence-electron chi connectivity index (χ1n) is 9.82. The van der Waals surface area contributed by atoms with Crippen LogP contribution in [0.4, 0.5) is 13.2 Å². The van der Waals surface area contributed by atoms with Gasteiger partial charge in [-0.25, -0.2) is 9.78 Å². The van der Waals surface area contributed by atoms with Gasteiger partial charge in [0.25, 0.3) is 5.91 Å². The zero-order valence-electron chi connectivity index (χ0n) is 16.7. The van der Waals surface area contributed by atoms with E-state index in [1.165, 1.54) is 9.58 Å². The minimum Gasteiger partial charge on any atom is -0.461 e. The van der Waals surface area contributed by atoms with Crippen LogP contribution in [0.1, 0.15) is 45.6 Å². The fourth-order valence-corrected chi connectivity index (χ4v) is 3.64. The molecular weight excluding hydrogens is 415 g/mol. The van der Waals surface area contributed by atoms with Crippen LogP contribution in [0.5, 0.6) is 0 Å². The van der Waals surface area contributed by atoms with Crippen LogP contribution in [0.25, 0.3) is 5.65 Å². The number of carbonyl (C=O) groups is 2. The highest BCUT2D eigenvalue weighted by atomic mass is 19.4. The number of alkyl halides is 3. The van der Waals surface area contributed by atoms with Crippen molar-refractivity contribution in [2.45, 2.75) is 39.0 Å². The lowest BCUT2D eigenvalue weighted by molar-refractivity contribution is -0.137. The Morgan fingerprint density at radius 3 is 2.77 bits per heavy atom. The Hall–Kier alpha value is -3.37. The van der Waals surface area contributed by atoms with Gasteiger partial charge in [0.05, 0.1) is 19.6 Å². The van der Waals surface area contributed by atoms with E-state index < -0.39 is 25.1 Å². The maximum atomic E-state index is 13.0. The van der Waals surface area contributed by atoms with Crippen LogP contribution >= 0.6 is 0 Å². The van der Waals surface area contributed by atoms with Crippen molar-refractivity contribution in [2.75, 3.05) is 13.2 Å². The van der Waals surface area contributed by atoms with E-state index in [0.29, 0.717) is 16.9 Å². The van der Waals surface area contributed by atoms with Crippen LogP contribution in [0.3, 0.4) is 0 Å². The molecule has 11 heteroatoms. The minimum absolute atomic E-state index is 0.0439.